The van der Waals surface area contributed by atoms with Crippen LogP contribution < -0.4 is 0 Å². The van der Waals surface area contributed by atoms with Crippen molar-refractivity contribution in [3.63, 3.8) is 0 Å². The first-order valence-electron chi connectivity index (χ1n) is 6.17. The van der Waals surface area contributed by atoms with Gasteiger partial charge in [0.25, 0.3) is 0 Å². The van der Waals surface area contributed by atoms with E-state index in [4.69, 9.17) is 16.0 Å². The van der Waals surface area contributed by atoms with Gasteiger partial charge >= 0.3 is 0 Å². The molecule has 0 spiro atoms. The lowest BCUT2D eigenvalue weighted by molar-refractivity contribution is 0.279. The van der Waals surface area contributed by atoms with Gasteiger partial charge < -0.3 is 4.42 Å². The van der Waals surface area contributed by atoms with Gasteiger partial charge in [0, 0.05) is 5.41 Å². The maximum absolute atomic E-state index is 5.78. The first kappa shape index (κ1) is 12.0. The topological polar surface area (TPSA) is 26.0 Å². The fourth-order valence-electron chi connectivity index (χ4n) is 3.00. The average Bonchev–Trinajstić information content (AvgIpc) is 2.84. The van der Waals surface area contributed by atoms with E-state index in [9.17, 15) is 0 Å². The molecule has 0 aromatic carbocycles. The zero-order chi connectivity index (χ0) is 11.6. The summed E-state index contributed by atoms with van der Waals surface area (Å²) in [5, 5.41) is 0. The number of hydrogen-bond acceptors (Lipinski definition) is 2. The molecule has 1 aliphatic carbocycles. The maximum atomic E-state index is 5.78. The van der Waals surface area contributed by atoms with E-state index in [1.807, 2.05) is 6.20 Å². The van der Waals surface area contributed by atoms with Crippen LogP contribution in [-0.2, 0) is 11.3 Å². The summed E-state index contributed by atoms with van der Waals surface area (Å²) in [6.45, 7) is 4.55. The largest absolute Gasteiger partial charge is 0.444 e. The molecule has 2 nitrogen and oxygen atoms in total. The third-order valence-electron chi connectivity index (χ3n) is 3.55. The van der Waals surface area contributed by atoms with Gasteiger partial charge in [0.05, 0.1) is 12.1 Å². The van der Waals surface area contributed by atoms with Crippen molar-refractivity contribution in [2.45, 2.75) is 57.2 Å². The Labute approximate surface area is 102 Å². The van der Waals surface area contributed by atoms with Crippen molar-refractivity contribution >= 4 is 11.6 Å². The number of nitrogens with zero attached hydrogens (tertiary/aromatic N) is 1. The average molecular weight is 242 g/mol. The predicted molar refractivity (Wildman–Crippen MR) is 65.7 cm³/mol. The van der Waals surface area contributed by atoms with Gasteiger partial charge in [-0.05, 0) is 25.2 Å². The van der Waals surface area contributed by atoms with Gasteiger partial charge in [-0.1, -0.05) is 26.7 Å². The fourth-order valence-corrected chi connectivity index (χ4v) is 3.13. The minimum absolute atomic E-state index is 0.242. The van der Waals surface area contributed by atoms with Gasteiger partial charge in [0.1, 0.15) is 5.76 Å². The molecule has 3 heteroatoms. The van der Waals surface area contributed by atoms with Gasteiger partial charge in [-0.3, -0.25) is 0 Å². The van der Waals surface area contributed by atoms with E-state index < -0.39 is 0 Å². The Morgan fingerprint density at radius 2 is 2.12 bits per heavy atom. The van der Waals surface area contributed by atoms with Crippen LogP contribution in [0.3, 0.4) is 0 Å². The van der Waals surface area contributed by atoms with Crippen molar-refractivity contribution in [3.8, 4) is 0 Å². The van der Waals surface area contributed by atoms with Crippen LogP contribution in [0.5, 0.6) is 0 Å². The van der Waals surface area contributed by atoms with Crippen LogP contribution in [0, 0.1) is 5.92 Å². The molecule has 0 atom stereocenters. The van der Waals surface area contributed by atoms with Crippen molar-refractivity contribution in [2.24, 2.45) is 5.92 Å². The Bertz CT molecular complexity index is 339. The Balaban J connectivity index is 2.24. The Morgan fingerprint density at radius 3 is 2.62 bits per heavy atom. The maximum Gasteiger partial charge on any atom is 0.209 e. The Kier molecular flexibility index (Phi) is 3.58. The van der Waals surface area contributed by atoms with Crippen molar-refractivity contribution in [3.05, 3.63) is 17.8 Å². The number of oxazole rings is 1. The number of aromatic nitrogens is 1. The molecule has 90 valence electrons. The number of alkyl halides is 1. The van der Waals surface area contributed by atoms with Crippen molar-refractivity contribution < 1.29 is 4.42 Å². The molecule has 1 heterocycles. The Hall–Kier alpha value is -0.500. The highest BCUT2D eigenvalue weighted by molar-refractivity contribution is 6.16. The summed E-state index contributed by atoms with van der Waals surface area (Å²) in [7, 11) is 0. The summed E-state index contributed by atoms with van der Waals surface area (Å²) < 4.78 is 5.78. The molecule has 0 saturated heterocycles. The molecule has 0 radical (unpaired) electrons. The summed E-state index contributed by atoms with van der Waals surface area (Å²) in [4.78, 5) is 4.23. The molecule has 0 amide bonds. The third kappa shape index (κ3) is 2.27. The van der Waals surface area contributed by atoms with E-state index >= 15 is 0 Å². The Morgan fingerprint density at radius 1 is 1.44 bits per heavy atom. The highest BCUT2D eigenvalue weighted by Gasteiger charge is 2.39. The van der Waals surface area contributed by atoms with E-state index in [2.05, 4.69) is 18.8 Å². The smallest absolute Gasteiger partial charge is 0.209 e. The minimum atomic E-state index is 0.242. The van der Waals surface area contributed by atoms with E-state index in [1.54, 1.807) is 0 Å². The fraction of sp³-hybridized carbons (Fsp3) is 0.769. The molecule has 16 heavy (non-hydrogen) atoms. The van der Waals surface area contributed by atoms with Crippen LogP contribution in [0.2, 0.25) is 0 Å². The second-order valence-corrected chi connectivity index (χ2v) is 5.60. The summed E-state index contributed by atoms with van der Waals surface area (Å²) in [6.07, 6.45) is 8.19. The van der Waals surface area contributed by atoms with E-state index in [0.29, 0.717) is 17.7 Å². The number of rotatable bonds is 4. The molecular weight excluding hydrogens is 222 g/mol. The monoisotopic (exact) mass is 241 g/mol. The third-order valence-corrected chi connectivity index (χ3v) is 3.78. The van der Waals surface area contributed by atoms with Crippen LogP contribution in [0.4, 0.5) is 0 Å². The molecule has 0 N–H and O–H groups in total. The van der Waals surface area contributed by atoms with E-state index in [0.717, 1.165) is 5.76 Å². The zero-order valence-corrected chi connectivity index (χ0v) is 10.9. The number of hydrogen-bond donors (Lipinski definition) is 0. The first-order chi connectivity index (χ1) is 7.66. The molecule has 0 aliphatic heterocycles. The second-order valence-electron chi connectivity index (χ2n) is 5.34. The van der Waals surface area contributed by atoms with E-state index in [-0.39, 0.29) is 5.41 Å². The molecule has 0 bridgehead atoms. The second kappa shape index (κ2) is 4.79. The number of halogens is 1. The lowest BCUT2D eigenvalue weighted by Gasteiger charge is -2.28. The lowest BCUT2D eigenvalue weighted by atomic mass is 9.77. The van der Waals surface area contributed by atoms with Crippen molar-refractivity contribution in [1.29, 1.82) is 0 Å². The molecule has 1 aromatic rings. The summed E-state index contributed by atoms with van der Waals surface area (Å²) in [5.74, 6) is 2.79. The summed E-state index contributed by atoms with van der Waals surface area (Å²) in [5.41, 5.74) is 0.242. The zero-order valence-electron chi connectivity index (χ0n) is 10.1. The summed E-state index contributed by atoms with van der Waals surface area (Å²) in [6, 6.07) is 0. The highest BCUT2D eigenvalue weighted by atomic mass is 35.5. The van der Waals surface area contributed by atoms with Gasteiger partial charge in [0.2, 0.25) is 5.89 Å². The SMILES string of the molecule is CC(C)CC1(c2cnc(CCl)o2)CCCC1. The van der Waals surface area contributed by atoms with Gasteiger partial charge in [-0.2, -0.15) is 0 Å². The first-order valence-corrected chi connectivity index (χ1v) is 6.71. The molecule has 1 aromatic heterocycles. The van der Waals surface area contributed by atoms with Crippen LogP contribution in [0.15, 0.2) is 10.6 Å². The highest BCUT2D eigenvalue weighted by Crippen LogP contribution is 2.45. The van der Waals surface area contributed by atoms with Crippen LogP contribution in [-0.4, -0.2) is 4.98 Å². The van der Waals surface area contributed by atoms with Gasteiger partial charge in [-0.15, -0.1) is 11.6 Å². The van der Waals surface area contributed by atoms with Crippen molar-refractivity contribution in [2.75, 3.05) is 0 Å². The van der Waals surface area contributed by atoms with Gasteiger partial charge in [-0.25, -0.2) is 4.98 Å². The quantitative estimate of drug-likeness (QED) is 0.736. The molecule has 0 unspecified atom stereocenters. The standard InChI is InChI=1S/C13H20ClNO/c1-10(2)7-13(5-3-4-6-13)11-9-15-12(8-14)16-11/h9-10H,3-8H2,1-2H3. The lowest BCUT2D eigenvalue weighted by Crippen LogP contribution is -2.23. The summed E-state index contributed by atoms with van der Waals surface area (Å²) >= 11 is 5.74. The van der Waals surface area contributed by atoms with Crippen LogP contribution in [0.1, 0.15) is 57.6 Å². The van der Waals surface area contributed by atoms with Crippen molar-refractivity contribution in [1.82, 2.24) is 4.98 Å². The van der Waals surface area contributed by atoms with Crippen LogP contribution >= 0.6 is 11.6 Å². The normalized spacial score (nSPS) is 19.5. The predicted octanol–water partition coefficient (Wildman–Crippen LogP) is 4.27. The molecule has 2 rings (SSSR count). The molecular formula is C13H20ClNO. The van der Waals surface area contributed by atoms with Gasteiger partial charge in [0.15, 0.2) is 0 Å². The van der Waals surface area contributed by atoms with E-state index in [1.165, 1.54) is 32.1 Å². The molecule has 1 aliphatic rings. The molecule has 1 fully saturated rings. The minimum Gasteiger partial charge on any atom is -0.444 e. The molecule has 1 saturated carbocycles. The van der Waals surface area contributed by atoms with Crippen LogP contribution in [0.25, 0.3) is 0 Å².